The third-order valence-corrected chi connectivity index (χ3v) is 3.10. The van der Waals surface area contributed by atoms with Crippen molar-refractivity contribution < 1.29 is 0 Å². The molecule has 0 unspecified atom stereocenters. The zero-order valence-electron chi connectivity index (χ0n) is 8.62. The van der Waals surface area contributed by atoms with Gasteiger partial charge < -0.3 is 5.32 Å². The van der Waals surface area contributed by atoms with E-state index in [9.17, 15) is 0 Å². The first-order valence-electron chi connectivity index (χ1n) is 4.90. The van der Waals surface area contributed by atoms with Gasteiger partial charge in [-0.3, -0.25) is 4.90 Å². The molecule has 0 bridgehead atoms. The first kappa shape index (κ1) is 11.1. The van der Waals surface area contributed by atoms with Crippen LogP contribution in [0.25, 0.3) is 0 Å². The van der Waals surface area contributed by atoms with E-state index in [1.165, 1.54) is 18.7 Å². The average molecular weight is 200 g/mol. The summed E-state index contributed by atoms with van der Waals surface area (Å²) < 4.78 is 0. The standard InChI is InChI=1S/C10H20N2S/c1-11-10(5-8-13-2)9-12-6-3-4-7-12/h3-4,10-11H,5-9H2,1-2H3/t10-/m0/s1. The van der Waals surface area contributed by atoms with Crippen molar-refractivity contribution in [2.75, 3.05) is 38.7 Å². The first-order valence-corrected chi connectivity index (χ1v) is 6.29. The summed E-state index contributed by atoms with van der Waals surface area (Å²) in [4.78, 5) is 2.47. The zero-order chi connectivity index (χ0) is 9.52. The van der Waals surface area contributed by atoms with Gasteiger partial charge in [-0.25, -0.2) is 0 Å². The van der Waals surface area contributed by atoms with Gasteiger partial charge in [0.05, 0.1) is 0 Å². The van der Waals surface area contributed by atoms with E-state index in [0.717, 1.165) is 13.1 Å². The summed E-state index contributed by atoms with van der Waals surface area (Å²) in [6, 6.07) is 0.660. The maximum atomic E-state index is 3.38. The second-order valence-electron chi connectivity index (χ2n) is 3.46. The lowest BCUT2D eigenvalue weighted by molar-refractivity contribution is 0.304. The molecular weight excluding hydrogens is 180 g/mol. The molecule has 3 heteroatoms. The molecule has 0 aromatic carbocycles. The van der Waals surface area contributed by atoms with Crippen LogP contribution in [-0.4, -0.2) is 49.6 Å². The van der Waals surface area contributed by atoms with E-state index in [1.807, 2.05) is 11.8 Å². The van der Waals surface area contributed by atoms with Crippen molar-refractivity contribution in [1.82, 2.24) is 10.2 Å². The fraction of sp³-hybridized carbons (Fsp3) is 0.800. The lowest BCUT2D eigenvalue weighted by Crippen LogP contribution is -2.38. The van der Waals surface area contributed by atoms with Crippen LogP contribution in [0.3, 0.4) is 0 Å². The molecule has 0 aromatic heterocycles. The largest absolute Gasteiger partial charge is 0.316 e. The highest BCUT2D eigenvalue weighted by Gasteiger charge is 2.12. The Morgan fingerprint density at radius 3 is 2.69 bits per heavy atom. The highest BCUT2D eigenvalue weighted by Crippen LogP contribution is 2.05. The molecule has 0 saturated heterocycles. The quantitative estimate of drug-likeness (QED) is 0.649. The van der Waals surface area contributed by atoms with Gasteiger partial charge in [-0.05, 0) is 25.5 Å². The van der Waals surface area contributed by atoms with E-state index >= 15 is 0 Å². The van der Waals surface area contributed by atoms with E-state index in [2.05, 4.69) is 35.7 Å². The number of hydrogen-bond acceptors (Lipinski definition) is 3. The molecule has 1 N–H and O–H groups in total. The van der Waals surface area contributed by atoms with Crippen LogP contribution in [0, 0.1) is 0 Å². The summed E-state index contributed by atoms with van der Waals surface area (Å²) in [7, 11) is 2.06. The van der Waals surface area contributed by atoms with Crippen LogP contribution < -0.4 is 5.32 Å². The normalized spacial score (nSPS) is 19.5. The second kappa shape index (κ2) is 6.46. The summed E-state index contributed by atoms with van der Waals surface area (Å²) in [5.74, 6) is 1.26. The Balaban J connectivity index is 2.14. The topological polar surface area (TPSA) is 15.3 Å². The van der Waals surface area contributed by atoms with Gasteiger partial charge in [-0.2, -0.15) is 11.8 Å². The summed E-state index contributed by atoms with van der Waals surface area (Å²) in [6.45, 7) is 3.46. The van der Waals surface area contributed by atoms with Crippen LogP contribution in [0.2, 0.25) is 0 Å². The van der Waals surface area contributed by atoms with Crippen molar-refractivity contribution in [2.24, 2.45) is 0 Å². The van der Waals surface area contributed by atoms with Gasteiger partial charge in [0.2, 0.25) is 0 Å². The molecule has 1 rings (SSSR count). The van der Waals surface area contributed by atoms with E-state index in [0.29, 0.717) is 6.04 Å². The number of nitrogens with one attached hydrogen (secondary N) is 1. The summed E-state index contributed by atoms with van der Waals surface area (Å²) in [5, 5.41) is 3.38. The molecule has 1 aliphatic rings. The fourth-order valence-corrected chi connectivity index (χ4v) is 2.09. The molecule has 0 spiro atoms. The van der Waals surface area contributed by atoms with Gasteiger partial charge in [0.1, 0.15) is 0 Å². The van der Waals surface area contributed by atoms with Crippen molar-refractivity contribution >= 4 is 11.8 Å². The Kier molecular flexibility index (Phi) is 5.51. The number of rotatable bonds is 6. The van der Waals surface area contributed by atoms with Crippen molar-refractivity contribution in [1.29, 1.82) is 0 Å². The fourth-order valence-electron chi connectivity index (χ4n) is 1.57. The van der Waals surface area contributed by atoms with Crippen LogP contribution in [0.5, 0.6) is 0 Å². The second-order valence-corrected chi connectivity index (χ2v) is 4.44. The van der Waals surface area contributed by atoms with Gasteiger partial charge in [-0.15, -0.1) is 0 Å². The van der Waals surface area contributed by atoms with Crippen LogP contribution in [-0.2, 0) is 0 Å². The Morgan fingerprint density at radius 1 is 1.46 bits per heavy atom. The zero-order valence-corrected chi connectivity index (χ0v) is 9.44. The molecule has 0 fully saturated rings. The first-order chi connectivity index (χ1) is 6.36. The predicted octanol–water partition coefficient (Wildman–Crippen LogP) is 1.20. The van der Waals surface area contributed by atoms with Crippen LogP contribution in [0.1, 0.15) is 6.42 Å². The van der Waals surface area contributed by atoms with Gasteiger partial charge in [-0.1, -0.05) is 12.2 Å². The van der Waals surface area contributed by atoms with Crippen LogP contribution >= 0.6 is 11.8 Å². The van der Waals surface area contributed by atoms with Crippen molar-refractivity contribution in [3.63, 3.8) is 0 Å². The predicted molar refractivity (Wildman–Crippen MR) is 61.4 cm³/mol. The summed E-state index contributed by atoms with van der Waals surface area (Å²) >= 11 is 1.93. The smallest absolute Gasteiger partial charge is 0.0200 e. The number of nitrogens with zero attached hydrogens (tertiary/aromatic N) is 1. The summed E-state index contributed by atoms with van der Waals surface area (Å²) in [5.41, 5.74) is 0. The van der Waals surface area contributed by atoms with E-state index < -0.39 is 0 Å². The Hall–Kier alpha value is 0.0100. The molecule has 0 radical (unpaired) electrons. The molecule has 0 saturated carbocycles. The number of likely N-dealkylation sites (N-methyl/N-ethyl adjacent to an activating group) is 1. The van der Waals surface area contributed by atoms with Crippen molar-refractivity contribution in [3.05, 3.63) is 12.2 Å². The molecular formula is C10H20N2S. The Morgan fingerprint density at radius 2 is 2.15 bits per heavy atom. The maximum absolute atomic E-state index is 3.38. The molecule has 1 heterocycles. The minimum absolute atomic E-state index is 0.660. The third-order valence-electron chi connectivity index (χ3n) is 2.45. The number of hydrogen-bond donors (Lipinski definition) is 1. The lowest BCUT2D eigenvalue weighted by atomic mass is 10.2. The average Bonchev–Trinajstić information content (AvgIpc) is 2.64. The minimum Gasteiger partial charge on any atom is -0.316 e. The maximum Gasteiger partial charge on any atom is 0.0200 e. The van der Waals surface area contributed by atoms with E-state index in [-0.39, 0.29) is 0 Å². The molecule has 1 aliphatic heterocycles. The molecule has 13 heavy (non-hydrogen) atoms. The van der Waals surface area contributed by atoms with Crippen LogP contribution in [0.15, 0.2) is 12.2 Å². The van der Waals surface area contributed by atoms with Crippen LogP contribution in [0.4, 0.5) is 0 Å². The molecule has 0 aromatic rings. The Bertz CT molecular complexity index is 151. The third kappa shape index (κ3) is 4.16. The van der Waals surface area contributed by atoms with Crippen molar-refractivity contribution in [3.8, 4) is 0 Å². The minimum atomic E-state index is 0.660. The number of thioether (sulfide) groups is 1. The van der Waals surface area contributed by atoms with Gasteiger partial charge in [0.25, 0.3) is 0 Å². The van der Waals surface area contributed by atoms with E-state index in [1.54, 1.807) is 0 Å². The summed E-state index contributed by atoms with van der Waals surface area (Å²) in [6.07, 6.45) is 7.95. The highest BCUT2D eigenvalue weighted by molar-refractivity contribution is 7.98. The molecule has 1 atom stereocenters. The highest BCUT2D eigenvalue weighted by atomic mass is 32.2. The Labute approximate surface area is 85.8 Å². The molecule has 76 valence electrons. The van der Waals surface area contributed by atoms with Gasteiger partial charge >= 0.3 is 0 Å². The SMILES string of the molecule is CN[C@@H](CCSC)CN1CC=CC1. The lowest BCUT2D eigenvalue weighted by Gasteiger charge is -2.22. The van der Waals surface area contributed by atoms with Gasteiger partial charge in [0, 0.05) is 25.7 Å². The monoisotopic (exact) mass is 200 g/mol. The van der Waals surface area contributed by atoms with Crippen molar-refractivity contribution in [2.45, 2.75) is 12.5 Å². The molecule has 0 amide bonds. The van der Waals surface area contributed by atoms with E-state index in [4.69, 9.17) is 0 Å². The molecule has 0 aliphatic carbocycles. The molecule has 2 nitrogen and oxygen atoms in total. The van der Waals surface area contributed by atoms with Gasteiger partial charge in [0.15, 0.2) is 0 Å².